The Morgan fingerprint density at radius 3 is 2.25 bits per heavy atom. The summed E-state index contributed by atoms with van der Waals surface area (Å²) in [5, 5.41) is 0. The third kappa shape index (κ3) is 2.85. The third-order valence-electron chi connectivity index (χ3n) is 2.42. The molecule has 0 saturated carbocycles. The summed E-state index contributed by atoms with van der Waals surface area (Å²) in [5.74, 6) is -2.84. The van der Waals surface area contributed by atoms with Crippen molar-refractivity contribution in [2.45, 2.75) is 25.8 Å². The highest BCUT2D eigenvalue weighted by molar-refractivity contribution is 5.25. The molecule has 0 aromatic heterocycles. The van der Waals surface area contributed by atoms with Gasteiger partial charge in [-0.15, -0.1) is 0 Å². The van der Waals surface area contributed by atoms with E-state index < -0.39 is 23.5 Å². The van der Waals surface area contributed by atoms with Crippen molar-refractivity contribution in [1.82, 2.24) is 0 Å². The summed E-state index contributed by atoms with van der Waals surface area (Å²) in [5.41, 5.74) is 6.18. The summed E-state index contributed by atoms with van der Waals surface area (Å²) >= 11 is 0. The molecule has 88 valence electrons. The second-order valence-corrected chi connectivity index (χ2v) is 3.70. The lowest BCUT2D eigenvalue weighted by Crippen LogP contribution is -2.15. The summed E-state index contributed by atoms with van der Waals surface area (Å²) in [6.07, 6.45) is 0.980. The van der Waals surface area contributed by atoms with Gasteiger partial charge in [0.25, 0.3) is 0 Å². The molecule has 0 aliphatic carbocycles. The predicted molar refractivity (Wildman–Crippen MR) is 57.3 cm³/mol. The van der Waals surface area contributed by atoms with Crippen LogP contribution in [0, 0.1) is 17.5 Å². The van der Waals surface area contributed by atoms with Crippen molar-refractivity contribution in [1.29, 1.82) is 0 Å². The maximum Gasteiger partial charge on any atom is 0.133 e. The number of hydrogen-bond acceptors (Lipinski definition) is 1. The zero-order chi connectivity index (χ0) is 12.3. The molecule has 4 heteroatoms. The first kappa shape index (κ1) is 12.8. The van der Waals surface area contributed by atoms with Gasteiger partial charge < -0.3 is 5.73 Å². The van der Waals surface area contributed by atoms with Gasteiger partial charge in [0.1, 0.15) is 17.5 Å². The molecule has 1 atom stereocenters. The molecule has 0 spiro atoms. The summed E-state index contributed by atoms with van der Waals surface area (Å²) < 4.78 is 39.3. The molecule has 1 unspecified atom stereocenters. The molecule has 0 bridgehead atoms. The maximum absolute atomic E-state index is 13.3. The largest absolute Gasteiger partial charge is 0.324 e. The lowest BCUT2D eigenvalue weighted by atomic mass is 9.98. The highest BCUT2D eigenvalue weighted by Gasteiger charge is 2.18. The average Bonchev–Trinajstić information content (AvgIpc) is 2.15. The van der Waals surface area contributed by atoms with Crippen molar-refractivity contribution in [2.24, 2.45) is 5.73 Å². The topological polar surface area (TPSA) is 26.0 Å². The molecule has 1 aromatic carbocycles. The molecule has 1 rings (SSSR count). The molecule has 0 aliphatic heterocycles. The van der Waals surface area contributed by atoms with Gasteiger partial charge in [0.15, 0.2) is 0 Å². The van der Waals surface area contributed by atoms with E-state index in [0.717, 1.165) is 5.57 Å². The van der Waals surface area contributed by atoms with E-state index in [2.05, 4.69) is 6.58 Å². The Morgan fingerprint density at radius 1 is 1.31 bits per heavy atom. The Labute approximate surface area is 92.8 Å². The minimum Gasteiger partial charge on any atom is -0.324 e. The quantitative estimate of drug-likeness (QED) is 0.786. The Kier molecular flexibility index (Phi) is 4.12. The van der Waals surface area contributed by atoms with Crippen LogP contribution in [-0.4, -0.2) is 0 Å². The summed E-state index contributed by atoms with van der Waals surface area (Å²) in [7, 11) is 0. The fourth-order valence-corrected chi connectivity index (χ4v) is 1.46. The van der Waals surface area contributed by atoms with E-state index in [9.17, 15) is 13.2 Å². The van der Waals surface area contributed by atoms with Crippen molar-refractivity contribution in [3.8, 4) is 0 Å². The minimum atomic E-state index is -0.950. The van der Waals surface area contributed by atoms with Crippen LogP contribution in [0.2, 0.25) is 0 Å². The van der Waals surface area contributed by atoms with Crippen molar-refractivity contribution in [3.63, 3.8) is 0 Å². The Morgan fingerprint density at radius 2 is 1.81 bits per heavy atom. The van der Waals surface area contributed by atoms with E-state index >= 15 is 0 Å². The van der Waals surface area contributed by atoms with Gasteiger partial charge in [-0.3, -0.25) is 0 Å². The first-order chi connectivity index (χ1) is 7.45. The fourth-order valence-electron chi connectivity index (χ4n) is 1.46. The fraction of sp³-hybridized carbons (Fsp3) is 0.333. The lowest BCUT2D eigenvalue weighted by Gasteiger charge is -2.14. The second kappa shape index (κ2) is 5.16. The van der Waals surface area contributed by atoms with Gasteiger partial charge in [0.05, 0.1) is 0 Å². The van der Waals surface area contributed by atoms with Gasteiger partial charge >= 0.3 is 0 Å². The van der Waals surface area contributed by atoms with Crippen LogP contribution in [0.5, 0.6) is 0 Å². The predicted octanol–water partition coefficient (Wildman–Crippen LogP) is 3.46. The molecule has 0 radical (unpaired) electrons. The zero-order valence-electron chi connectivity index (χ0n) is 9.06. The van der Waals surface area contributed by atoms with Crippen LogP contribution in [0.1, 0.15) is 31.4 Å². The molecular weight excluding hydrogens is 215 g/mol. The Balaban J connectivity index is 2.99. The Bertz CT molecular complexity index is 378. The Hall–Kier alpha value is -1.29. The number of hydrogen-bond donors (Lipinski definition) is 1. The van der Waals surface area contributed by atoms with Gasteiger partial charge in [0.2, 0.25) is 0 Å². The van der Waals surface area contributed by atoms with Crippen molar-refractivity contribution < 1.29 is 13.2 Å². The van der Waals surface area contributed by atoms with Crippen molar-refractivity contribution in [2.75, 3.05) is 0 Å². The standard InChI is InChI=1S/C12H14F3N/c1-3-7(2)4-11(16)12-9(14)5-8(13)6-10(12)15/h5-6,11H,2-4,16H2,1H3. The van der Waals surface area contributed by atoms with Crippen LogP contribution < -0.4 is 5.73 Å². The molecule has 0 heterocycles. The van der Waals surface area contributed by atoms with Crippen LogP contribution >= 0.6 is 0 Å². The van der Waals surface area contributed by atoms with Crippen molar-refractivity contribution in [3.05, 3.63) is 47.3 Å². The molecular formula is C12H14F3N. The number of halogens is 3. The van der Waals surface area contributed by atoms with Crippen LogP contribution in [0.3, 0.4) is 0 Å². The van der Waals surface area contributed by atoms with Gasteiger partial charge in [-0.1, -0.05) is 19.1 Å². The van der Waals surface area contributed by atoms with E-state index in [1.54, 1.807) is 0 Å². The average molecular weight is 229 g/mol. The molecule has 16 heavy (non-hydrogen) atoms. The van der Waals surface area contributed by atoms with Gasteiger partial charge in [-0.05, 0) is 12.8 Å². The summed E-state index contributed by atoms with van der Waals surface area (Å²) in [6, 6.07) is 0.438. The van der Waals surface area contributed by atoms with E-state index in [4.69, 9.17) is 5.73 Å². The maximum atomic E-state index is 13.3. The molecule has 0 amide bonds. The molecule has 1 nitrogen and oxygen atoms in total. The number of nitrogens with two attached hydrogens (primary N) is 1. The van der Waals surface area contributed by atoms with Crippen molar-refractivity contribution >= 4 is 0 Å². The molecule has 2 N–H and O–H groups in total. The van der Waals surface area contributed by atoms with E-state index in [1.807, 2.05) is 6.92 Å². The molecule has 0 fully saturated rings. The number of rotatable bonds is 4. The first-order valence-corrected chi connectivity index (χ1v) is 5.02. The minimum absolute atomic E-state index is 0.281. The zero-order valence-corrected chi connectivity index (χ0v) is 9.06. The first-order valence-electron chi connectivity index (χ1n) is 5.02. The van der Waals surface area contributed by atoms with E-state index in [-0.39, 0.29) is 12.0 Å². The van der Waals surface area contributed by atoms with Crippen LogP contribution in [-0.2, 0) is 0 Å². The van der Waals surface area contributed by atoms with E-state index in [0.29, 0.717) is 18.6 Å². The second-order valence-electron chi connectivity index (χ2n) is 3.70. The van der Waals surface area contributed by atoms with Gasteiger partial charge in [-0.25, -0.2) is 13.2 Å². The highest BCUT2D eigenvalue weighted by Crippen LogP contribution is 2.25. The molecule has 1 aromatic rings. The molecule has 0 aliphatic rings. The molecule has 0 saturated heterocycles. The summed E-state index contributed by atoms with van der Waals surface area (Å²) in [6.45, 7) is 5.60. The highest BCUT2D eigenvalue weighted by atomic mass is 19.1. The SMILES string of the molecule is C=C(CC)CC(N)c1c(F)cc(F)cc1F. The van der Waals surface area contributed by atoms with Crippen LogP contribution in [0.25, 0.3) is 0 Å². The van der Waals surface area contributed by atoms with Crippen LogP contribution in [0.4, 0.5) is 13.2 Å². The monoisotopic (exact) mass is 229 g/mol. The smallest absolute Gasteiger partial charge is 0.133 e. The van der Waals surface area contributed by atoms with Crippen LogP contribution in [0.15, 0.2) is 24.3 Å². The third-order valence-corrected chi connectivity index (χ3v) is 2.42. The van der Waals surface area contributed by atoms with Gasteiger partial charge in [0, 0.05) is 23.7 Å². The summed E-state index contributed by atoms with van der Waals surface area (Å²) in [4.78, 5) is 0. The van der Waals surface area contributed by atoms with E-state index in [1.165, 1.54) is 0 Å². The number of benzene rings is 1. The lowest BCUT2D eigenvalue weighted by molar-refractivity contribution is 0.500. The van der Waals surface area contributed by atoms with Gasteiger partial charge in [-0.2, -0.15) is 0 Å². The normalized spacial score (nSPS) is 12.6.